The fourth-order valence-electron chi connectivity index (χ4n) is 12.8. The molecule has 0 radical (unpaired) electrons. The van der Waals surface area contributed by atoms with Crippen LogP contribution in [0.5, 0.6) is 17.6 Å². The van der Waals surface area contributed by atoms with Crippen LogP contribution in [0.3, 0.4) is 0 Å². The standard InChI is InChI=1S/2C29H32F6N4O6.C22H26F6N4O6/c1-16-13-18(40)11-8-12-27(29(33,34)35,42-15-17-9-6-5-7-10-17)24-39-38-23(44-24)21-20(36-25(41)45-26(2,3)4)14-19(28(30,31)32)22(37-21)43-16;1-16-10-11-18(40)12-13-27(29(33,34)35,42-15-17-8-6-5-7-9-17)24-39-38-23(44-24)21-20(36-25(41)45-26(2,3)4)14-19(28(30,31)32)22(37-21)43-16;1-10-8-11(33)6-5-7-20(35,22(26,27)28)17-32-31-16(37-17)14-13(29-18(34)38-19(2,3)4)9-12(21(23,24)25)15(30-14)36-10/h5-7,9-10,14,16,18,40H,8,11-13,15H2,1-4H3,(H,36,41);5-9,14,16,18,40H,10-13,15H2,1-4H3,(H,36,41);9-11,33,35H,5-8H2,1-4H3,(H,29,34)/t2*16-,18?,27-;10-,11?,20-/m111/s1. The molecule has 0 aliphatic carbocycles. The first-order valence-electron chi connectivity index (χ1n) is 39.3. The monoisotopic (exact) mass is 1850 g/mol. The van der Waals surface area contributed by atoms with Gasteiger partial charge in [-0.15, -0.1) is 30.6 Å². The number of hydrogen-bond acceptors (Lipinski definition) is 27. The quantitative estimate of drug-likeness (QED) is 0.0521. The lowest BCUT2D eigenvalue weighted by Crippen LogP contribution is -2.46. The predicted octanol–water partition coefficient (Wildman–Crippen LogP) is 19.3. The zero-order valence-corrected chi connectivity index (χ0v) is 70.2. The molecular weight excluding hydrogens is 1760 g/mol. The summed E-state index contributed by atoms with van der Waals surface area (Å²) in [6.07, 6.45) is -45.8. The lowest BCUT2D eigenvalue weighted by molar-refractivity contribution is -0.301. The number of hydrogen-bond donors (Lipinski definition) is 7. The van der Waals surface area contributed by atoms with E-state index in [0.717, 1.165) is 0 Å². The van der Waals surface area contributed by atoms with E-state index in [4.69, 9.17) is 51.1 Å². The molecule has 9 heterocycles. The third-order valence-electron chi connectivity index (χ3n) is 18.8. The maximum atomic E-state index is 15.0. The van der Waals surface area contributed by atoms with E-state index in [1.807, 2.05) is 0 Å². The molecule has 3 aliphatic rings. The first kappa shape index (κ1) is 101. The smallest absolute Gasteiger partial charge is 0.426 e. The summed E-state index contributed by atoms with van der Waals surface area (Å²) in [5.41, 5.74) is -20.5. The number of fused-ring (bicyclic) bond motifs is 15. The normalized spacial score (nSPS) is 22.0. The van der Waals surface area contributed by atoms with Crippen molar-refractivity contribution in [2.24, 2.45) is 0 Å². The highest BCUT2D eigenvalue weighted by atomic mass is 19.4. The lowest BCUT2D eigenvalue weighted by Gasteiger charge is -2.33. The molecule has 0 fully saturated rings. The molecule has 48 heteroatoms. The van der Waals surface area contributed by atoms with Gasteiger partial charge in [-0.25, -0.2) is 29.3 Å². The summed E-state index contributed by atoms with van der Waals surface area (Å²) < 4.78 is 317. The van der Waals surface area contributed by atoms with E-state index in [1.165, 1.54) is 83.1 Å². The highest BCUT2D eigenvalue weighted by molar-refractivity contribution is 5.91. The number of ether oxygens (including phenoxy) is 8. The highest BCUT2D eigenvalue weighted by Gasteiger charge is 2.64. The van der Waals surface area contributed by atoms with Crippen LogP contribution < -0.4 is 30.2 Å². The number of carbonyl (C=O) groups excluding carboxylic acids is 3. The summed E-state index contributed by atoms with van der Waals surface area (Å²) in [4.78, 5) is 49.1. The predicted molar refractivity (Wildman–Crippen MR) is 409 cm³/mol. The second-order valence-corrected chi connectivity index (χ2v) is 33.0. The van der Waals surface area contributed by atoms with Crippen LogP contribution in [0.25, 0.3) is 34.8 Å². The zero-order chi connectivity index (χ0) is 95.1. The van der Waals surface area contributed by atoms with Crippen LogP contribution in [0.15, 0.2) is 92.1 Å². The van der Waals surface area contributed by atoms with Crippen LogP contribution in [-0.4, -0.2) is 156 Å². The number of anilines is 3. The summed E-state index contributed by atoms with van der Waals surface area (Å²) in [6.45, 7) is 16.6. The number of aliphatic hydroxyl groups excluding tert-OH is 3. The van der Waals surface area contributed by atoms with Crippen LogP contribution in [-0.2, 0) is 72.2 Å². The first-order chi connectivity index (χ1) is 59.1. The van der Waals surface area contributed by atoms with Crippen molar-refractivity contribution in [3.63, 3.8) is 0 Å². The van der Waals surface area contributed by atoms with Crippen molar-refractivity contribution >= 4 is 35.3 Å². The Kier molecular flexibility index (Phi) is 30.8. The Morgan fingerprint density at radius 1 is 0.406 bits per heavy atom. The summed E-state index contributed by atoms with van der Waals surface area (Å²) in [7, 11) is 0. The molecule has 12 bridgehead atoms. The van der Waals surface area contributed by atoms with Gasteiger partial charge in [-0.1, -0.05) is 60.7 Å². The van der Waals surface area contributed by atoms with Crippen molar-refractivity contribution < 1.29 is 165 Å². The molecule has 704 valence electrons. The lowest BCUT2D eigenvalue weighted by atomic mass is 9.92. The molecule has 0 saturated heterocycles. The van der Waals surface area contributed by atoms with Crippen LogP contribution in [0.2, 0.25) is 0 Å². The van der Waals surface area contributed by atoms with Gasteiger partial charge in [0.15, 0.2) is 17.1 Å². The van der Waals surface area contributed by atoms with Gasteiger partial charge >= 0.3 is 55.3 Å². The van der Waals surface area contributed by atoms with Gasteiger partial charge in [0, 0.05) is 12.8 Å². The number of nitrogens with one attached hydrogen (secondary N) is 3. The van der Waals surface area contributed by atoms with Crippen LogP contribution in [0, 0.1) is 0 Å². The Bertz CT molecular complexity index is 5090. The van der Waals surface area contributed by atoms with E-state index in [9.17, 15) is 114 Å². The molecule has 7 N–H and O–H groups in total. The van der Waals surface area contributed by atoms with Gasteiger partial charge in [0.1, 0.15) is 45.7 Å². The number of pyridine rings is 3. The Morgan fingerprint density at radius 2 is 0.727 bits per heavy atom. The van der Waals surface area contributed by atoms with Crippen LogP contribution in [0.4, 0.5) is 110 Å². The number of benzene rings is 2. The zero-order valence-electron chi connectivity index (χ0n) is 70.2. The fourth-order valence-corrected chi connectivity index (χ4v) is 12.8. The molecule has 11 rings (SSSR count). The van der Waals surface area contributed by atoms with E-state index in [-0.39, 0.29) is 51.4 Å². The molecule has 3 aliphatic heterocycles. The Morgan fingerprint density at radius 3 is 1.05 bits per heavy atom. The number of alkyl halides is 18. The van der Waals surface area contributed by atoms with E-state index >= 15 is 0 Å². The molecule has 30 nitrogen and oxygen atoms in total. The van der Waals surface area contributed by atoms with E-state index in [2.05, 4.69) is 61.5 Å². The first-order valence-corrected chi connectivity index (χ1v) is 39.3. The van der Waals surface area contributed by atoms with E-state index < -0.39 is 268 Å². The Balaban J connectivity index is 0.000000218. The van der Waals surface area contributed by atoms with Crippen molar-refractivity contribution in [1.82, 2.24) is 45.5 Å². The van der Waals surface area contributed by atoms with Gasteiger partial charge in [0.25, 0.3) is 35.3 Å². The minimum absolute atomic E-state index is 0.0321. The van der Waals surface area contributed by atoms with Gasteiger partial charge in [0.05, 0.1) is 54.7 Å². The highest BCUT2D eigenvalue weighted by Crippen LogP contribution is 2.52. The fraction of sp³-hybridized carbons (Fsp3) is 0.550. The SMILES string of the molecule is C[C@@H]1CC(O)CCC[C@](O)(C(F)(F)F)c2nnc(o2)-c2nc(c(C(F)(F)F)cc2NC(=O)OC(C)(C)C)O1.C[C@@H]1CC(O)CCC[C@](OCc2ccccc2)(C(F)(F)F)c2nnc(o2)-c2nc(c(C(F)(F)F)cc2NC(=O)OC(C)(C)C)O1.C[C@@H]1CCC(O)CC[C@](OCc2ccccc2)(C(F)(F)F)c2nnc(o2)-c2nc(c(C(F)(F)F)cc2NC(=O)OC(C)(C)C)O1. The van der Waals surface area contributed by atoms with E-state index in [1.54, 1.807) is 60.7 Å². The topological polar surface area (TPSA) is 397 Å². The molecule has 6 aromatic heterocycles. The molecule has 8 aromatic rings. The molecular formula is C80H90F18N12O18. The average molecular weight is 1850 g/mol. The van der Waals surface area contributed by atoms with Gasteiger partial charge in [0.2, 0.25) is 34.4 Å². The number of halogens is 18. The molecule has 128 heavy (non-hydrogen) atoms. The molecule has 2 aromatic carbocycles. The summed E-state index contributed by atoms with van der Waals surface area (Å²) in [5.74, 6) is -8.72. The molecule has 3 amide bonds. The summed E-state index contributed by atoms with van der Waals surface area (Å²) >= 11 is 0. The number of carbonyl (C=O) groups is 3. The molecule has 9 atom stereocenters. The van der Waals surface area contributed by atoms with E-state index in [0.29, 0.717) is 29.3 Å². The Hall–Kier alpha value is -11.0. The number of amides is 3. The van der Waals surface area contributed by atoms with Gasteiger partial charge in [-0.05, 0) is 177 Å². The molecule has 3 unspecified atom stereocenters. The van der Waals surface area contributed by atoms with Crippen LogP contribution in [0.1, 0.15) is 206 Å². The molecule has 0 saturated carbocycles. The molecule has 0 spiro atoms. The largest absolute Gasteiger partial charge is 0.474 e. The number of nitrogens with zero attached hydrogens (tertiary/aromatic N) is 9. The van der Waals surface area contributed by atoms with Crippen LogP contribution >= 0.6 is 0 Å². The van der Waals surface area contributed by atoms with Crippen molar-refractivity contribution in [2.75, 3.05) is 16.0 Å². The van der Waals surface area contributed by atoms with Gasteiger partial charge in [-0.3, -0.25) is 16.0 Å². The minimum Gasteiger partial charge on any atom is -0.474 e. The number of aliphatic hydroxyl groups is 4. The Labute approximate surface area is 716 Å². The van der Waals surface area contributed by atoms with Crippen molar-refractivity contribution in [3.8, 4) is 52.4 Å². The van der Waals surface area contributed by atoms with Crippen molar-refractivity contribution in [2.45, 2.75) is 281 Å². The average Bonchev–Trinajstić information content (AvgIpc) is 1.59. The summed E-state index contributed by atoms with van der Waals surface area (Å²) in [6, 6.07) is 17.4. The number of rotatable bonds is 9. The van der Waals surface area contributed by atoms with Crippen molar-refractivity contribution in [3.05, 3.63) is 124 Å². The third-order valence-corrected chi connectivity index (χ3v) is 18.8. The summed E-state index contributed by atoms with van der Waals surface area (Å²) in [5, 5.41) is 69.4. The van der Waals surface area contributed by atoms with Gasteiger partial charge in [-0.2, -0.15) is 79.0 Å². The van der Waals surface area contributed by atoms with Gasteiger partial charge < -0.3 is 71.6 Å². The van der Waals surface area contributed by atoms with Crippen molar-refractivity contribution in [1.29, 1.82) is 0 Å². The third kappa shape index (κ3) is 26.2. The number of aromatic nitrogens is 9. The second kappa shape index (κ2) is 39.1. The maximum Gasteiger partial charge on any atom is 0.426 e. The maximum absolute atomic E-state index is 15.0. The second-order valence-electron chi connectivity index (χ2n) is 33.0. The minimum atomic E-state index is -5.29.